The van der Waals surface area contributed by atoms with Crippen LogP contribution >= 0.6 is 23.3 Å². The summed E-state index contributed by atoms with van der Waals surface area (Å²) in [5.41, 5.74) is 1.31. The molecule has 0 saturated heterocycles. The first-order valence-electron chi connectivity index (χ1n) is 8.30. The van der Waals surface area contributed by atoms with E-state index in [1.807, 2.05) is 24.4 Å². The van der Waals surface area contributed by atoms with E-state index in [0.29, 0.717) is 23.1 Å². The van der Waals surface area contributed by atoms with Crippen molar-refractivity contribution >= 4 is 29.0 Å². The number of halogens is 2. The molecule has 0 atom stereocenters. The minimum atomic E-state index is -0.844. The van der Waals surface area contributed by atoms with Gasteiger partial charge in [0.05, 0.1) is 36.4 Å². The Hall–Kier alpha value is -1.84. The number of rotatable bonds is 7. The highest BCUT2D eigenvalue weighted by molar-refractivity contribution is 7.96. The minimum Gasteiger partial charge on any atom is -0.473 e. The van der Waals surface area contributed by atoms with Gasteiger partial charge in [-0.05, 0) is 31.9 Å². The lowest BCUT2D eigenvalue weighted by atomic mass is 10.1. The lowest BCUT2D eigenvalue weighted by Gasteiger charge is -2.31. The lowest BCUT2D eigenvalue weighted by Crippen LogP contribution is -2.42. The summed E-state index contributed by atoms with van der Waals surface area (Å²) in [5.74, 6) is -1.36. The van der Waals surface area contributed by atoms with E-state index < -0.39 is 17.2 Å². The van der Waals surface area contributed by atoms with Crippen LogP contribution in [0.5, 0.6) is 5.19 Å². The number of ether oxygens (including phenoxy) is 1. The molecule has 1 aromatic carbocycles. The van der Waals surface area contributed by atoms with E-state index in [-0.39, 0.29) is 6.61 Å². The third kappa shape index (κ3) is 4.53. The van der Waals surface area contributed by atoms with Crippen LogP contribution in [0.2, 0.25) is 0 Å². The highest BCUT2D eigenvalue weighted by Crippen LogP contribution is 2.37. The molecule has 2 heterocycles. The van der Waals surface area contributed by atoms with Gasteiger partial charge in [-0.2, -0.15) is 0 Å². The number of aliphatic hydroxyl groups excluding tert-OH is 1. The van der Waals surface area contributed by atoms with Crippen LogP contribution in [0.1, 0.15) is 30.0 Å². The zero-order valence-electron chi connectivity index (χ0n) is 15.3. The zero-order valence-corrected chi connectivity index (χ0v) is 16.9. The van der Waals surface area contributed by atoms with Crippen LogP contribution in [0.15, 0.2) is 24.4 Å². The predicted molar refractivity (Wildman–Crippen MR) is 104 cm³/mol. The second kappa shape index (κ2) is 8.04. The van der Waals surface area contributed by atoms with Gasteiger partial charge in [0, 0.05) is 17.5 Å². The number of thiazole rings is 1. The van der Waals surface area contributed by atoms with Gasteiger partial charge in [0.1, 0.15) is 5.69 Å². The number of methoxy groups -OCH3 is 1. The molecule has 3 rings (SSSR count). The maximum Gasteiger partial charge on any atom is 0.273 e. The van der Waals surface area contributed by atoms with Crippen molar-refractivity contribution in [3.05, 3.63) is 52.2 Å². The SMILES string of the molecule is COc1nc2c(s1)CN(SCc1cccc(F)c1F)C=C2NC(C)(C)CO. The van der Waals surface area contributed by atoms with Crippen LogP contribution in [0.4, 0.5) is 8.78 Å². The molecule has 0 amide bonds. The summed E-state index contributed by atoms with van der Waals surface area (Å²) in [5, 5.41) is 13.4. The average molecular weight is 414 g/mol. The van der Waals surface area contributed by atoms with Crippen molar-refractivity contribution in [2.45, 2.75) is 31.7 Å². The van der Waals surface area contributed by atoms with E-state index >= 15 is 0 Å². The fraction of sp³-hybridized carbons (Fsp3) is 0.389. The highest BCUT2D eigenvalue weighted by Gasteiger charge is 2.27. The average Bonchev–Trinajstić information content (AvgIpc) is 3.06. The van der Waals surface area contributed by atoms with Gasteiger partial charge in [-0.1, -0.05) is 23.5 Å². The molecule has 0 unspecified atom stereocenters. The Bertz CT molecular complexity index is 855. The molecule has 1 aliphatic rings. The van der Waals surface area contributed by atoms with Gasteiger partial charge in [0.2, 0.25) is 0 Å². The largest absolute Gasteiger partial charge is 0.473 e. The Labute approximate surface area is 165 Å². The van der Waals surface area contributed by atoms with Gasteiger partial charge in [-0.3, -0.25) is 0 Å². The first kappa shape index (κ1) is 19.9. The number of nitrogens with zero attached hydrogens (tertiary/aromatic N) is 2. The summed E-state index contributed by atoms with van der Waals surface area (Å²) in [6, 6.07) is 4.19. The van der Waals surface area contributed by atoms with Crippen molar-refractivity contribution in [2.75, 3.05) is 13.7 Å². The van der Waals surface area contributed by atoms with Crippen LogP contribution in [0, 0.1) is 11.6 Å². The van der Waals surface area contributed by atoms with E-state index in [4.69, 9.17) is 4.74 Å². The fourth-order valence-electron chi connectivity index (χ4n) is 2.52. The quantitative estimate of drug-likeness (QED) is 0.675. The van der Waals surface area contributed by atoms with Crippen molar-refractivity contribution in [1.82, 2.24) is 14.6 Å². The topological polar surface area (TPSA) is 57.6 Å². The summed E-state index contributed by atoms with van der Waals surface area (Å²) in [6.07, 6.45) is 1.88. The summed E-state index contributed by atoms with van der Waals surface area (Å²) >= 11 is 2.81. The number of fused-ring (bicyclic) bond motifs is 1. The monoisotopic (exact) mass is 413 g/mol. The molecule has 0 aliphatic carbocycles. The Morgan fingerprint density at radius 3 is 2.89 bits per heavy atom. The first-order valence-corrected chi connectivity index (χ1v) is 10.1. The van der Waals surface area contributed by atoms with Gasteiger partial charge in [0.25, 0.3) is 5.19 Å². The molecule has 1 aromatic heterocycles. The molecule has 0 radical (unpaired) electrons. The number of aromatic nitrogens is 1. The molecule has 0 bridgehead atoms. The molecule has 0 fully saturated rings. The number of hydrogen-bond donors (Lipinski definition) is 2. The predicted octanol–water partition coefficient (Wildman–Crippen LogP) is 3.75. The summed E-state index contributed by atoms with van der Waals surface area (Å²) in [4.78, 5) is 5.48. The van der Waals surface area contributed by atoms with Crippen molar-refractivity contribution in [2.24, 2.45) is 0 Å². The van der Waals surface area contributed by atoms with E-state index in [0.717, 1.165) is 22.3 Å². The molecule has 2 aromatic rings. The van der Waals surface area contributed by atoms with Crippen LogP contribution < -0.4 is 10.1 Å². The first-order chi connectivity index (χ1) is 12.8. The molecule has 9 heteroatoms. The standard InChI is InChI=1S/C18H21F2N3O2S2/c1-18(2,10-24)22-13-7-23(8-14-16(13)21-17(25-3)27-14)26-9-11-5-4-6-12(19)15(11)20/h4-7,22,24H,8-10H2,1-3H3. The second-order valence-electron chi connectivity index (χ2n) is 6.73. The van der Waals surface area contributed by atoms with Crippen LogP contribution in [0.25, 0.3) is 5.70 Å². The summed E-state index contributed by atoms with van der Waals surface area (Å²) in [7, 11) is 1.57. The summed E-state index contributed by atoms with van der Waals surface area (Å²) < 4.78 is 34.5. The Morgan fingerprint density at radius 2 is 2.19 bits per heavy atom. The van der Waals surface area contributed by atoms with Crippen LogP contribution in [-0.2, 0) is 12.3 Å². The van der Waals surface area contributed by atoms with Crippen LogP contribution in [-0.4, -0.2) is 33.7 Å². The number of aliphatic hydroxyl groups is 1. The fourth-order valence-corrected chi connectivity index (χ4v) is 4.42. The maximum absolute atomic E-state index is 13.9. The third-order valence-corrected chi connectivity index (χ3v) is 5.97. The van der Waals surface area contributed by atoms with Gasteiger partial charge >= 0.3 is 0 Å². The van der Waals surface area contributed by atoms with Crippen molar-refractivity contribution < 1.29 is 18.6 Å². The van der Waals surface area contributed by atoms with E-state index in [1.54, 1.807) is 13.2 Å². The lowest BCUT2D eigenvalue weighted by molar-refractivity contribution is 0.203. The van der Waals surface area contributed by atoms with Gasteiger partial charge in [0.15, 0.2) is 11.6 Å². The Kier molecular flexibility index (Phi) is 5.92. The van der Waals surface area contributed by atoms with Crippen molar-refractivity contribution in [3.63, 3.8) is 0 Å². The number of nitrogens with one attached hydrogen (secondary N) is 1. The van der Waals surface area contributed by atoms with E-state index in [1.165, 1.54) is 29.4 Å². The van der Waals surface area contributed by atoms with Crippen LogP contribution in [0.3, 0.4) is 0 Å². The molecular formula is C18H21F2N3O2S2. The molecule has 0 spiro atoms. The maximum atomic E-state index is 13.9. The van der Waals surface area contributed by atoms with Crippen molar-refractivity contribution in [3.8, 4) is 5.19 Å². The molecule has 5 nitrogen and oxygen atoms in total. The molecule has 146 valence electrons. The van der Waals surface area contributed by atoms with Gasteiger partial charge in [-0.15, -0.1) is 0 Å². The third-order valence-electron chi connectivity index (χ3n) is 3.97. The summed E-state index contributed by atoms with van der Waals surface area (Å²) in [6.45, 7) is 4.28. The molecule has 1 aliphatic heterocycles. The Balaban J connectivity index is 1.82. The smallest absolute Gasteiger partial charge is 0.273 e. The molecule has 2 N–H and O–H groups in total. The minimum absolute atomic E-state index is 0.0530. The second-order valence-corrected chi connectivity index (χ2v) is 8.79. The van der Waals surface area contributed by atoms with Crippen molar-refractivity contribution in [1.29, 1.82) is 0 Å². The molecule has 0 saturated carbocycles. The highest BCUT2D eigenvalue weighted by atomic mass is 32.2. The normalized spacial score (nSPS) is 14.0. The number of benzene rings is 1. The van der Waals surface area contributed by atoms with Gasteiger partial charge in [-0.25, -0.2) is 13.8 Å². The number of hydrogen-bond acceptors (Lipinski definition) is 7. The molecule has 27 heavy (non-hydrogen) atoms. The zero-order chi connectivity index (χ0) is 19.6. The van der Waals surface area contributed by atoms with E-state index in [9.17, 15) is 13.9 Å². The van der Waals surface area contributed by atoms with E-state index in [2.05, 4.69) is 10.3 Å². The van der Waals surface area contributed by atoms with Gasteiger partial charge < -0.3 is 19.5 Å². The molecular weight excluding hydrogens is 392 g/mol. The Morgan fingerprint density at radius 1 is 1.41 bits per heavy atom.